The van der Waals surface area contributed by atoms with Crippen molar-refractivity contribution >= 4 is 35.8 Å². The molecule has 6 nitrogen and oxygen atoms in total. The van der Waals surface area contributed by atoms with E-state index < -0.39 is 0 Å². The monoisotopic (exact) mass is 474 g/mol. The highest BCUT2D eigenvalue weighted by molar-refractivity contribution is 14.0. The summed E-state index contributed by atoms with van der Waals surface area (Å²) in [6, 6.07) is 8.30. The van der Waals surface area contributed by atoms with Gasteiger partial charge in [0.1, 0.15) is 5.75 Å². The average Bonchev–Trinajstić information content (AvgIpc) is 3.10. The Morgan fingerprint density at radius 3 is 2.81 bits per heavy atom. The number of methoxy groups -OCH3 is 1. The molecule has 1 amide bonds. The lowest BCUT2D eigenvalue weighted by atomic mass is 10.1. The summed E-state index contributed by atoms with van der Waals surface area (Å²) in [6.45, 7) is 7.03. The van der Waals surface area contributed by atoms with Crippen LogP contribution in [0, 0.1) is 0 Å². The van der Waals surface area contributed by atoms with Crippen LogP contribution >= 0.6 is 24.0 Å². The number of hydrogen-bond acceptors (Lipinski definition) is 3. The lowest BCUT2D eigenvalue weighted by molar-refractivity contribution is -0.129. The molecule has 1 aliphatic heterocycles. The van der Waals surface area contributed by atoms with E-state index in [1.165, 1.54) is 0 Å². The Bertz CT molecular complexity index is 595. The van der Waals surface area contributed by atoms with E-state index in [1.807, 2.05) is 30.0 Å². The first kappa shape index (κ1) is 22.5. The second kappa shape index (κ2) is 12.0. The first-order valence-electron chi connectivity index (χ1n) is 9.12. The minimum atomic E-state index is 0. The topological polar surface area (TPSA) is 66.0 Å². The average molecular weight is 474 g/mol. The number of nitrogens with one attached hydrogen (secondary N) is 2. The summed E-state index contributed by atoms with van der Waals surface area (Å²) in [5, 5.41) is 6.74. The number of para-hydroxylation sites is 1. The van der Waals surface area contributed by atoms with Crippen molar-refractivity contribution in [3.63, 3.8) is 0 Å². The Morgan fingerprint density at radius 1 is 1.35 bits per heavy atom. The van der Waals surface area contributed by atoms with Crippen LogP contribution in [0.1, 0.15) is 32.3 Å². The van der Waals surface area contributed by atoms with Crippen LogP contribution in [0.2, 0.25) is 0 Å². The molecule has 2 rings (SSSR count). The fourth-order valence-electron chi connectivity index (χ4n) is 3.04. The van der Waals surface area contributed by atoms with Crippen LogP contribution < -0.4 is 15.4 Å². The number of carbonyl (C=O) groups is 1. The quantitative estimate of drug-likeness (QED) is 0.362. The summed E-state index contributed by atoms with van der Waals surface area (Å²) >= 11 is 0. The van der Waals surface area contributed by atoms with E-state index in [9.17, 15) is 4.79 Å². The summed E-state index contributed by atoms with van der Waals surface area (Å²) < 4.78 is 5.39. The Balaban J connectivity index is 0.00000338. The van der Waals surface area contributed by atoms with E-state index in [0.29, 0.717) is 13.0 Å². The number of hydrogen-bond donors (Lipinski definition) is 2. The molecule has 1 aliphatic rings. The molecule has 0 aliphatic carbocycles. The van der Waals surface area contributed by atoms with Gasteiger partial charge in [-0.25, -0.2) is 0 Å². The molecule has 1 atom stereocenters. The van der Waals surface area contributed by atoms with Gasteiger partial charge in [-0.2, -0.15) is 0 Å². The minimum Gasteiger partial charge on any atom is -0.496 e. The fourth-order valence-corrected chi connectivity index (χ4v) is 3.04. The molecule has 1 heterocycles. The molecular formula is C19H31IN4O2. The molecule has 1 fully saturated rings. The van der Waals surface area contributed by atoms with Gasteiger partial charge in [0.15, 0.2) is 5.96 Å². The zero-order valence-corrected chi connectivity index (χ0v) is 18.3. The highest BCUT2D eigenvalue weighted by Crippen LogP contribution is 2.17. The summed E-state index contributed by atoms with van der Waals surface area (Å²) in [5.41, 5.74) is 1.16. The SMILES string of the molecule is CCNC(=NCCc1ccccc1OC)NC1CCN(C(=O)CC)C1.I. The van der Waals surface area contributed by atoms with Gasteiger partial charge in [0, 0.05) is 38.6 Å². The number of aliphatic imine (C=N–C) groups is 1. The highest BCUT2D eigenvalue weighted by Gasteiger charge is 2.25. The normalized spacial score (nSPS) is 16.8. The van der Waals surface area contributed by atoms with Gasteiger partial charge in [0.2, 0.25) is 5.91 Å². The van der Waals surface area contributed by atoms with E-state index >= 15 is 0 Å². The van der Waals surface area contributed by atoms with E-state index in [4.69, 9.17) is 4.74 Å². The largest absolute Gasteiger partial charge is 0.496 e. The second-order valence-corrected chi connectivity index (χ2v) is 6.15. The molecule has 26 heavy (non-hydrogen) atoms. The van der Waals surface area contributed by atoms with Gasteiger partial charge in [0.25, 0.3) is 0 Å². The first-order chi connectivity index (χ1) is 12.2. The number of benzene rings is 1. The summed E-state index contributed by atoms with van der Waals surface area (Å²) in [6.07, 6.45) is 2.36. The molecular weight excluding hydrogens is 443 g/mol. The van der Waals surface area contributed by atoms with E-state index in [2.05, 4.69) is 28.6 Å². The molecule has 0 aromatic heterocycles. The van der Waals surface area contributed by atoms with Gasteiger partial charge < -0.3 is 20.3 Å². The molecule has 0 radical (unpaired) electrons. The van der Waals surface area contributed by atoms with Crippen LogP contribution in [-0.4, -0.2) is 56.1 Å². The molecule has 7 heteroatoms. The smallest absolute Gasteiger partial charge is 0.222 e. The number of nitrogens with zero attached hydrogens (tertiary/aromatic N) is 2. The van der Waals surface area contributed by atoms with Gasteiger partial charge in [0.05, 0.1) is 7.11 Å². The minimum absolute atomic E-state index is 0. The van der Waals surface area contributed by atoms with Gasteiger partial charge in [-0.15, -0.1) is 24.0 Å². The predicted octanol–water partition coefficient (Wildman–Crippen LogP) is 2.42. The number of guanidine groups is 1. The van der Waals surface area contributed by atoms with Crippen molar-refractivity contribution in [2.75, 3.05) is 33.3 Å². The lowest BCUT2D eigenvalue weighted by Crippen LogP contribution is -2.45. The summed E-state index contributed by atoms with van der Waals surface area (Å²) in [4.78, 5) is 18.4. The van der Waals surface area contributed by atoms with E-state index in [-0.39, 0.29) is 35.9 Å². The number of carbonyl (C=O) groups excluding carboxylic acids is 1. The van der Waals surface area contributed by atoms with Crippen molar-refractivity contribution in [2.24, 2.45) is 4.99 Å². The number of likely N-dealkylation sites (tertiary alicyclic amines) is 1. The third-order valence-corrected chi connectivity index (χ3v) is 4.37. The Morgan fingerprint density at radius 2 is 2.12 bits per heavy atom. The summed E-state index contributed by atoms with van der Waals surface area (Å²) in [7, 11) is 1.69. The molecule has 2 N–H and O–H groups in total. The summed E-state index contributed by atoms with van der Waals surface area (Å²) in [5.74, 6) is 1.94. The Kier molecular flexibility index (Phi) is 10.4. The highest BCUT2D eigenvalue weighted by atomic mass is 127. The molecule has 1 aromatic rings. The zero-order chi connectivity index (χ0) is 18.1. The molecule has 1 saturated heterocycles. The molecule has 0 spiro atoms. The molecule has 146 valence electrons. The third-order valence-electron chi connectivity index (χ3n) is 4.37. The Labute approximate surface area is 173 Å². The van der Waals surface area contributed by atoms with Gasteiger partial charge in [-0.3, -0.25) is 9.79 Å². The number of amides is 1. The lowest BCUT2D eigenvalue weighted by Gasteiger charge is -2.18. The van der Waals surface area contributed by atoms with Crippen molar-refractivity contribution in [3.8, 4) is 5.75 Å². The van der Waals surface area contributed by atoms with Crippen molar-refractivity contribution in [1.29, 1.82) is 0 Å². The van der Waals surface area contributed by atoms with E-state index in [0.717, 1.165) is 49.7 Å². The maximum absolute atomic E-state index is 11.8. The maximum Gasteiger partial charge on any atom is 0.222 e. The van der Waals surface area contributed by atoms with Crippen molar-refractivity contribution in [3.05, 3.63) is 29.8 Å². The molecule has 0 saturated carbocycles. The van der Waals surface area contributed by atoms with Gasteiger partial charge in [-0.1, -0.05) is 25.1 Å². The van der Waals surface area contributed by atoms with Gasteiger partial charge in [-0.05, 0) is 31.4 Å². The third kappa shape index (κ3) is 6.66. The van der Waals surface area contributed by atoms with Gasteiger partial charge >= 0.3 is 0 Å². The maximum atomic E-state index is 11.8. The van der Waals surface area contributed by atoms with E-state index in [1.54, 1.807) is 7.11 Å². The van der Waals surface area contributed by atoms with Crippen molar-refractivity contribution in [2.45, 2.75) is 39.2 Å². The van der Waals surface area contributed by atoms with Crippen LogP contribution in [0.4, 0.5) is 0 Å². The molecule has 1 aromatic carbocycles. The number of halogens is 1. The first-order valence-corrected chi connectivity index (χ1v) is 9.12. The molecule has 0 bridgehead atoms. The van der Waals surface area contributed by atoms with Crippen LogP contribution in [0.25, 0.3) is 0 Å². The zero-order valence-electron chi connectivity index (χ0n) is 16.0. The van der Waals surface area contributed by atoms with Crippen LogP contribution in [0.3, 0.4) is 0 Å². The second-order valence-electron chi connectivity index (χ2n) is 6.15. The number of ether oxygens (including phenoxy) is 1. The Hall–Kier alpha value is -1.51. The molecule has 1 unspecified atom stereocenters. The fraction of sp³-hybridized carbons (Fsp3) is 0.579. The van der Waals surface area contributed by atoms with Crippen LogP contribution in [0.15, 0.2) is 29.3 Å². The van der Waals surface area contributed by atoms with Crippen molar-refractivity contribution in [1.82, 2.24) is 15.5 Å². The number of rotatable bonds is 7. The van der Waals surface area contributed by atoms with Crippen LogP contribution in [0.5, 0.6) is 5.75 Å². The standard InChI is InChI=1S/C19H30N4O2.HI/c1-4-18(24)23-13-11-16(14-23)22-19(20-5-2)21-12-10-15-8-6-7-9-17(15)25-3;/h6-9,16H,4-5,10-14H2,1-3H3,(H2,20,21,22);1H. The van der Waals surface area contributed by atoms with Crippen molar-refractivity contribution < 1.29 is 9.53 Å². The van der Waals surface area contributed by atoms with Crippen LogP contribution in [-0.2, 0) is 11.2 Å². The predicted molar refractivity (Wildman–Crippen MR) is 117 cm³/mol.